The van der Waals surface area contributed by atoms with E-state index in [0.717, 1.165) is 19.1 Å². The third-order valence-electron chi connectivity index (χ3n) is 14.1. The molecule has 0 spiro atoms. The summed E-state index contributed by atoms with van der Waals surface area (Å²) in [5, 5.41) is 24.8. The number of carbonyl (C=O) groups excluding carboxylic acids is 1. The fourth-order valence-corrected chi connectivity index (χ4v) is 13.4. The van der Waals surface area contributed by atoms with Crippen LogP contribution in [0.25, 0.3) is 33.0 Å². The van der Waals surface area contributed by atoms with Gasteiger partial charge >= 0.3 is 0 Å². The molecule has 0 saturated carbocycles. The van der Waals surface area contributed by atoms with Gasteiger partial charge in [-0.25, -0.2) is 24.8 Å². The second kappa shape index (κ2) is 21.0. The van der Waals surface area contributed by atoms with Crippen LogP contribution in [0.15, 0.2) is 192 Å². The standard InChI is InChI=1S/C57H52N6O9S2/c64-57(51(33-41-25-29-58(30-26-41)39-43-13-5-1-6-14-43)55-37-45-35-47(62(65)66)21-23-53(45)60(55)73(69,70)49-17-9-3-10-18-49)52(34-42-27-31-59(32-28-42)40-44-15-7-2-8-16-44)56-38-46-36-48(63(67)68)22-24-54(46)61(56)74(71,72)50-19-11-4-12-20-50/h1-24,33-38,41-42H,25-32,39-40H2. The van der Waals surface area contributed by atoms with E-state index in [2.05, 4.69) is 34.1 Å². The molecule has 0 atom stereocenters. The van der Waals surface area contributed by atoms with Crippen molar-refractivity contribution in [2.75, 3.05) is 26.2 Å². The van der Waals surface area contributed by atoms with Crippen LogP contribution in [-0.4, -0.2) is 76.4 Å². The summed E-state index contributed by atoms with van der Waals surface area (Å²) in [6.45, 7) is 4.04. The summed E-state index contributed by atoms with van der Waals surface area (Å²) in [6.07, 6.45) is 5.94. The van der Waals surface area contributed by atoms with E-state index in [9.17, 15) is 20.2 Å². The molecule has 0 unspecified atom stereocenters. The van der Waals surface area contributed by atoms with Crippen LogP contribution in [0.2, 0.25) is 0 Å². The third kappa shape index (κ3) is 10.2. The molecule has 0 aliphatic carbocycles. The Morgan fingerprint density at radius 2 is 0.824 bits per heavy atom. The summed E-state index contributed by atoms with van der Waals surface area (Å²) in [5.41, 5.74) is 1.70. The van der Waals surface area contributed by atoms with Gasteiger partial charge in [-0.1, -0.05) is 109 Å². The van der Waals surface area contributed by atoms with Crippen molar-refractivity contribution in [3.63, 3.8) is 0 Å². The second-order valence-corrected chi connectivity index (χ2v) is 22.5. The number of carbonyl (C=O) groups is 1. The van der Waals surface area contributed by atoms with E-state index in [-0.39, 0.29) is 77.3 Å². The van der Waals surface area contributed by atoms with Gasteiger partial charge < -0.3 is 0 Å². The lowest BCUT2D eigenvalue weighted by Gasteiger charge is -2.31. The third-order valence-corrected chi connectivity index (χ3v) is 17.6. The van der Waals surface area contributed by atoms with Crippen molar-refractivity contribution in [2.45, 2.75) is 48.6 Å². The number of piperidine rings is 2. The minimum Gasteiger partial charge on any atom is -0.299 e. The molecule has 2 aliphatic rings. The molecule has 2 fully saturated rings. The van der Waals surface area contributed by atoms with Gasteiger partial charge in [0.15, 0.2) is 5.78 Å². The van der Waals surface area contributed by atoms with Crippen LogP contribution in [0.5, 0.6) is 0 Å². The van der Waals surface area contributed by atoms with Crippen molar-refractivity contribution in [3.05, 3.63) is 225 Å². The highest BCUT2D eigenvalue weighted by atomic mass is 32.2. The van der Waals surface area contributed by atoms with Crippen LogP contribution in [0, 0.1) is 32.1 Å². The lowest BCUT2D eigenvalue weighted by molar-refractivity contribution is -0.384. The zero-order valence-corrected chi connectivity index (χ0v) is 41.9. The molecule has 2 aliphatic heterocycles. The Labute approximate surface area is 428 Å². The molecule has 0 bridgehead atoms. The Hall–Kier alpha value is -7.83. The molecule has 74 heavy (non-hydrogen) atoms. The fourth-order valence-electron chi connectivity index (χ4n) is 10.3. The van der Waals surface area contributed by atoms with Gasteiger partial charge in [0.25, 0.3) is 31.4 Å². The zero-order chi connectivity index (χ0) is 51.6. The van der Waals surface area contributed by atoms with E-state index in [1.54, 1.807) is 48.6 Å². The average Bonchev–Trinajstić information content (AvgIpc) is 4.01. The molecule has 6 aromatic carbocycles. The lowest BCUT2D eigenvalue weighted by Crippen LogP contribution is -2.33. The maximum atomic E-state index is 16.5. The van der Waals surface area contributed by atoms with E-state index in [1.165, 1.54) is 72.8 Å². The van der Waals surface area contributed by atoms with Gasteiger partial charge in [0.05, 0.1) is 42.1 Å². The van der Waals surface area contributed by atoms with Crippen molar-refractivity contribution in [2.24, 2.45) is 11.8 Å². The summed E-state index contributed by atoms with van der Waals surface area (Å²) >= 11 is 0. The number of likely N-dealkylation sites (tertiary alicyclic amines) is 2. The number of nitrogens with zero attached hydrogens (tertiary/aromatic N) is 6. The number of rotatable bonds is 16. The van der Waals surface area contributed by atoms with Gasteiger partial charge in [-0.15, -0.1) is 0 Å². The highest BCUT2D eigenvalue weighted by Crippen LogP contribution is 2.40. The first kappa shape index (κ1) is 49.7. The molecule has 10 rings (SSSR count). The maximum absolute atomic E-state index is 16.5. The predicted octanol–water partition coefficient (Wildman–Crippen LogP) is 10.7. The first-order valence-electron chi connectivity index (χ1n) is 24.5. The monoisotopic (exact) mass is 1030 g/mol. The molecule has 0 amide bonds. The molecule has 2 aromatic heterocycles. The van der Waals surface area contributed by atoms with Crippen molar-refractivity contribution >= 4 is 70.2 Å². The summed E-state index contributed by atoms with van der Waals surface area (Å²) in [4.78, 5) is 44.3. The number of benzene rings is 6. The Morgan fingerprint density at radius 3 is 1.16 bits per heavy atom. The van der Waals surface area contributed by atoms with E-state index in [0.29, 0.717) is 65.0 Å². The predicted molar refractivity (Wildman–Crippen MR) is 285 cm³/mol. The quantitative estimate of drug-likeness (QED) is 0.0509. The van der Waals surface area contributed by atoms with Gasteiger partial charge in [-0.05, 0) is 123 Å². The first-order chi connectivity index (χ1) is 35.7. The van der Waals surface area contributed by atoms with Crippen LogP contribution >= 0.6 is 0 Å². The average molecular weight is 1030 g/mol. The van der Waals surface area contributed by atoms with E-state index >= 15 is 21.6 Å². The zero-order valence-electron chi connectivity index (χ0n) is 40.2. The van der Waals surface area contributed by atoms with Gasteiger partial charge in [0.1, 0.15) is 0 Å². The number of ketones is 1. The summed E-state index contributed by atoms with van der Waals surface area (Å²) in [5.74, 6) is -1.23. The summed E-state index contributed by atoms with van der Waals surface area (Å²) in [7, 11) is -9.09. The van der Waals surface area contributed by atoms with Crippen LogP contribution in [-0.2, 0) is 37.9 Å². The van der Waals surface area contributed by atoms with E-state index in [4.69, 9.17) is 0 Å². The van der Waals surface area contributed by atoms with Crippen molar-refractivity contribution < 1.29 is 31.5 Å². The van der Waals surface area contributed by atoms with Crippen LogP contribution in [0.1, 0.15) is 48.2 Å². The Morgan fingerprint density at radius 1 is 0.486 bits per heavy atom. The largest absolute Gasteiger partial charge is 0.299 e. The lowest BCUT2D eigenvalue weighted by atomic mass is 9.87. The minimum atomic E-state index is -4.54. The Kier molecular flexibility index (Phi) is 14.1. The molecule has 0 N–H and O–H groups in total. The molecular weight excluding hydrogens is 977 g/mol. The van der Waals surface area contributed by atoms with E-state index < -0.39 is 35.7 Å². The number of Topliss-reactive ketones (excluding diaryl/α,β-unsaturated/α-hetero) is 1. The molecule has 8 aromatic rings. The molecular formula is C57H52N6O9S2. The second-order valence-electron chi connectivity index (χ2n) is 18.9. The summed E-state index contributed by atoms with van der Waals surface area (Å²) in [6, 6.07) is 46.2. The maximum Gasteiger partial charge on any atom is 0.270 e. The highest BCUT2D eigenvalue weighted by Gasteiger charge is 2.35. The molecule has 4 heterocycles. The van der Waals surface area contributed by atoms with Crippen LogP contribution < -0.4 is 0 Å². The molecule has 0 radical (unpaired) electrons. The molecule has 376 valence electrons. The normalized spacial score (nSPS) is 15.9. The van der Waals surface area contributed by atoms with Gasteiger partial charge in [0.2, 0.25) is 0 Å². The number of hydrogen-bond donors (Lipinski definition) is 0. The number of non-ortho nitro benzene ring substituents is 2. The van der Waals surface area contributed by atoms with Gasteiger partial charge in [-0.2, -0.15) is 0 Å². The number of aromatic nitrogens is 2. The first-order valence-corrected chi connectivity index (χ1v) is 27.4. The number of hydrogen-bond acceptors (Lipinski definition) is 11. The SMILES string of the molecule is O=C(C(=CC1CCN(Cc2ccccc2)CC1)c1cc2cc([N+](=O)[O-])ccc2n1S(=O)(=O)c1ccccc1)C(=CC1CCN(Cc2ccccc2)CC1)c1cc2cc([N+](=O)[O-])ccc2n1S(=O)(=O)c1ccccc1. The number of nitro groups is 2. The van der Waals surface area contributed by atoms with Crippen LogP contribution in [0.4, 0.5) is 11.4 Å². The Bertz CT molecular complexity index is 3450. The van der Waals surface area contributed by atoms with Gasteiger partial charge in [0, 0.05) is 59.3 Å². The summed E-state index contributed by atoms with van der Waals surface area (Å²) < 4.78 is 62.8. The van der Waals surface area contributed by atoms with Crippen molar-refractivity contribution in [1.82, 2.24) is 17.7 Å². The van der Waals surface area contributed by atoms with Crippen molar-refractivity contribution in [1.29, 1.82) is 0 Å². The molecule has 2 saturated heterocycles. The molecule has 15 nitrogen and oxygen atoms in total. The molecule has 17 heteroatoms. The minimum absolute atomic E-state index is 0.0440. The fraction of sp³-hybridized carbons (Fsp3) is 0.211. The Balaban J connectivity index is 1.19. The number of nitro benzene ring substituents is 2. The van der Waals surface area contributed by atoms with E-state index in [1.807, 2.05) is 36.4 Å². The number of fused-ring (bicyclic) bond motifs is 2. The smallest absolute Gasteiger partial charge is 0.270 e. The highest BCUT2D eigenvalue weighted by molar-refractivity contribution is 7.90. The van der Waals surface area contributed by atoms with Gasteiger partial charge in [-0.3, -0.25) is 34.8 Å². The topological polar surface area (TPSA) is 188 Å². The number of allylic oxidation sites excluding steroid dienone is 4. The van der Waals surface area contributed by atoms with Crippen molar-refractivity contribution in [3.8, 4) is 0 Å². The van der Waals surface area contributed by atoms with Crippen LogP contribution in [0.3, 0.4) is 0 Å².